The average molecular weight is 245 g/mol. The fourth-order valence-corrected chi connectivity index (χ4v) is 2.40. The average Bonchev–Trinajstić information content (AvgIpc) is 2.64. The number of ether oxygens (including phenoxy) is 1. The zero-order valence-electron chi connectivity index (χ0n) is 10.8. The summed E-state index contributed by atoms with van der Waals surface area (Å²) >= 11 is 0. The van der Waals surface area contributed by atoms with Gasteiger partial charge in [-0.3, -0.25) is 0 Å². The fourth-order valence-electron chi connectivity index (χ4n) is 2.40. The first kappa shape index (κ1) is 12.8. The van der Waals surface area contributed by atoms with E-state index >= 15 is 0 Å². The molecular weight excluding hydrogens is 226 g/mol. The standard InChI is InChI=1S/C15H19NO2/c1-18-14-9-7-12(8-10-14)11-13-5-3-2-4-6-15(13)16-17/h7-11,15H,2-6H2,1H3. The summed E-state index contributed by atoms with van der Waals surface area (Å²) in [5, 5.41) is 3.28. The lowest BCUT2D eigenvalue weighted by atomic mass is 10.00. The van der Waals surface area contributed by atoms with Crippen LogP contribution in [0, 0.1) is 4.91 Å². The molecule has 1 aromatic rings. The van der Waals surface area contributed by atoms with Gasteiger partial charge in [0, 0.05) is 0 Å². The molecule has 0 amide bonds. The van der Waals surface area contributed by atoms with Gasteiger partial charge in [0.15, 0.2) is 0 Å². The van der Waals surface area contributed by atoms with Crippen molar-refractivity contribution in [1.29, 1.82) is 0 Å². The van der Waals surface area contributed by atoms with Gasteiger partial charge in [0.25, 0.3) is 0 Å². The van der Waals surface area contributed by atoms with Gasteiger partial charge in [-0.1, -0.05) is 36.2 Å². The van der Waals surface area contributed by atoms with Crippen molar-refractivity contribution in [2.45, 2.75) is 38.1 Å². The van der Waals surface area contributed by atoms with E-state index < -0.39 is 0 Å². The van der Waals surface area contributed by atoms with Crippen LogP contribution >= 0.6 is 0 Å². The summed E-state index contributed by atoms with van der Waals surface area (Å²) in [6.07, 6.45) is 7.46. The van der Waals surface area contributed by atoms with Gasteiger partial charge in [-0.05, 0) is 42.5 Å². The van der Waals surface area contributed by atoms with Gasteiger partial charge >= 0.3 is 0 Å². The van der Waals surface area contributed by atoms with Gasteiger partial charge in [0.1, 0.15) is 11.8 Å². The highest BCUT2D eigenvalue weighted by atomic mass is 16.5. The van der Waals surface area contributed by atoms with Gasteiger partial charge in [0.05, 0.1) is 7.11 Å². The maximum atomic E-state index is 10.9. The number of nitroso groups, excluding NO2 is 1. The number of hydrogen-bond donors (Lipinski definition) is 0. The molecule has 2 rings (SSSR count). The summed E-state index contributed by atoms with van der Waals surface area (Å²) in [7, 11) is 1.66. The summed E-state index contributed by atoms with van der Waals surface area (Å²) in [5.74, 6) is 0.850. The third kappa shape index (κ3) is 3.19. The maximum absolute atomic E-state index is 10.9. The minimum atomic E-state index is -0.130. The van der Waals surface area contributed by atoms with E-state index in [9.17, 15) is 4.91 Å². The van der Waals surface area contributed by atoms with E-state index in [0.717, 1.165) is 37.0 Å². The predicted molar refractivity (Wildman–Crippen MR) is 73.6 cm³/mol. The zero-order chi connectivity index (χ0) is 12.8. The fraction of sp³-hybridized carbons (Fsp3) is 0.467. The second kappa shape index (κ2) is 6.34. The first-order valence-corrected chi connectivity index (χ1v) is 6.50. The SMILES string of the molecule is COc1ccc(C=C2CCCCCC2N=O)cc1. The first-order valence-electron chi connectivity index (χ1n) is 6.50. The van der Waals surface area contributed by atoms with Gasteiger partial charge in [0.2, 0.25) is 0 Å². The number of benzene rings is 1. The third-order valence-electron chi connectivity index (χ3n) is 3.47. The topological polar surface area (TPSA) is 38.7 Å². The molecule has 3 heteroatoms. The molecule has 1 saturated carbocycles. The Bertz CT molecular complexity index is 423. The lowest BCUT2D eigenvalue weighted by Crippen LogP contribution is -2.05. The Hall–Kier alpha value is -1.64. The van der Waals surface area contributed by atoms with Gasteiger partial charge < -0.3 is 4.74 Å². The molecule has 96 valence electrons. The number of methoxy groups -OCH3 is 1. The van der Waals surface area contributed by atoms with Crippen molar-refractivity contribution in [2.75, 3.05) is 7.11 Å². The highest BCUT2D eigenvalue weighted by Gasteiger charge is 2.17. The van der Waals surface area contributed by atoms with Gasteiger partial charge in [-0.15, -0.1) is 0 Å². The molecule has 0 heterocycles. The molecule has 3 nitrogen and oxygen atoms in total. The summed E-state index contributed by atoms with van der Waals surface area (Å²) < 4.78 is 5.13. The molecule has 1 fully saturated rings. The Morgan fingerprint density at radius 3 is 2.67 bits per heavy atom. The van der Waals surface area contributed by atoms with E-state index in [1.165, 1.54) is 12.0 Å². The van der Waals surface area contributed by atoms with Gasteiger partial charge in [-0.25, -0.2) is 0 Å². The molecule has 0 saturated heterocycles. The molecule has 0 spiro atoms. The van der Waals surface area contributed by atoms with Crippen molar-refractivity contribution in [3.63, 3.8) is 0 Å². The van der Waals surface area contributed by atoms with Crippen LogP contribution in [0.15, 0.2) is 35.0 Å². The Labute approximate surface area is 108 Å². The van der Waals surface area contributed by atoms with Crippen molar-refractivity contribution in [2.24, 2.45) is 5.18 Å². The van der Waals surface area contributed by atoms with Crippen molar-refractivity contribution in [1.82, 2.24) is 0 Å². The normalized spacial score (nSPS) is 22.5. The van der Waals surface area contributed by atoms with Crippen molar-refractivity contribution in [3.05, 3.63) is 40.3 Å². The van der Waals surface area contributed by atoms with Crippen LogP contribution in [0.4, 0.5) is 0 Å². The second-order valence-corrected chi connectivity index (χ2v) is 4.71. The summed E-state index contributed by atoms with van der Waals surface area (Å²) in [4.78, 5) is 10.9. The van der Waals surface area contributed by atoms with E-state index in [4.69, 9.17) is 4.74 Å². The smallest absolute Gasteiger partial charge is 0.118 e. The van der Waals surface area contributed by atoms with Crippen molar-refractivity contribution in [3.8, 4) is 5.75 Å². The van der Waals surface area contributed by atoms with Crippen LogP contribution in [-0.2, 0) is 0 Å². The van der Waals surface area contributed by atoms with Crippen LogP contribution < -0.4 is 4.74 Å². The highest BCUT2D eigenvalue weighted by Crippen LogP contribution is 2.27. The molecule has 0 aliphatic heterocycles. The maximum Gasteiger partial charge on any atom is 0.118 e. The molecule has 0 aromatic heterocycles. The summed E-state index contributed by atoms with van der Waals surface area (Å²) in [6.45, 7) is 0. The molecule has 0 radical (unpaired) electrons. The molecule has 0 bridgehead atoms. The number of nitrogens with zero attached hydrogens (tertiary/aromatic N) is 1. The monoisotopic (exact) mass is 245 g/mol. The molecular formula is C15H19NO2. The Balaban J connectivity index is 2.19. The number of hydrogen-bond acceptors (Lipinski definition) is 3. The summed E-state index contributed by atoms with van der Waals surface area (Å²) in [6, 6.07) is 7.77. The predicted octanol–water partition coefficient (Wildman–Crippen LogP) is 4.18. The molecule has 0 N–H and O–H groups in total. The van der Waals surface area contributed by atoms with E-state index in [-0.39, 0.29) is 6.04 Å². The van der Waals surface area contributed by atoms with E-state index in [1.807, 2.05) is 24.3 Å². The first-order chi connectivity index (χ1) is 8.83. The largest absolute Gasteiger partial charge is 0.497 e. The lowest BCUT2D eigenvalue weighted by Gasteiger charge is -2.09. The second-order valence-electron chi connectivity index (χ2n) is 4.71. The van der Waals surface area contributed by atoms with Crippen molar-refractivity contribution >= 4 is 6.08 Å². The molecule has 1 aromatic carbocycles. The third-order valence-corrected chi connectivity index (χ3v) is 3.47. The minimum Gasteiger partial charge on any atom is -0.497 e. The van der Waals surface area contributed by atoms with Crippen LogP contribution in [0.3, 0.4) is 0 Å². The molecule has 1 aliphatic carbocycles. The Morgan fingerprint density at radius 1 is 1.22 bits per heavy atom. The van der Waals surface area contributed by atoms with Crippen LogP contribution in [0.25, 0.3) is 6.08 Å². The molecule has 1 atom stereocenters. The van der Waals surface area contributed by atoms with Crippen molar-refractivity contribution < 1.29 is 4.74 Å². The Morgan fingerprint density at radius 2 is 2.00 bits per heavy atom. The van der Waals surface area contributed by atoms with E-state index in [1.54, 1.807) is 7.11 Å². The van der Waals surface area contributed by atoms with Crippen LogP contribution in [0.2, 0.25) is 0 Å². The van der Waals surface area contributed by atoms with Crippen LogP contribution in [0.5, 0.6) is 5.75 Å². The van der Waals surface area contributed by atoms with E-state index in [0.29, 0.717) is 0 Å². The lowest BCUT2D eigenvalue weighted by molar-refractivity contribution is 0.415. The number of rotatable bonds is 3. The van der Waals surface area contributed by atoms with Crippen LogP contribution in [0.1, 0.15) is 37.7 Å². The zero-order valence-corrected chi connectivity index (χ0v) is 10.8. The Kier molecular flexibility index (Phi) is 4.51. The molecule has 18 heavy (non-hydrogen) atoms. The minimum absolute atomic E-state index is 0.130. The quantitative estimate of drug-likeness (QED) is 0.592. The highest BCUT2D eigenvalue weighted by molar-refractivity contribution is 5.55. The van der Waals surface area contributed by atoms with Gasteiger partial charge in [-0.2, -0.15) is 4.91 Å². The molecule has 1 unspecified atom stereocenters. The summed E-state index contributed by atoms with van der Waals surface area (Å²) in [5.41, 5.74) is 2.29. The molecule has 1 aliphatic rings. The van der Waals surface area contributed by atoms with Crippen LogP contribution in [-0.4, -0.2) is 13.2 Å². The van der Waals surface area contributed by atoms with E-state index in [2.05, 4.69) is 11.3 Å².